The number of benzene rings is 1. The molecule has 0 aliphatic carbocycles. The predicted octanol–water partition coefficient (Wildman–Crippen LogP) is 3.89. The Balaban J connectivity index is 1.90. The highest BCUT2D eigenvalue weighted by atomic mass is 79.9. The Morgan fingerprint density at radius 2 is 2.21 bits per heavy atom. The molecule has 0 aliphatic rings. The second-order valence-electron chi connectivity index (χ2n) is 5.16. The third-order valence-corrected chi connectivity index (χ3v) is 5.64. The Morgan fingerprint density at radius 1 is 1.42 bits per heavy atom. The molecule has 2 heterocycles. The fourth-order valence-corrected chi connectivity index (χ4v) is 4.20. The van der Waals surface area contributed by atoms with Gasteiger partial charge in [0.05, 0.1) is 11.2 Å². The smallest absolute Gasteiger partial charge is 0.272 e. The highest BCUT2D eigenvalue weighted by Gasteiger charge is 2.15. The van der Waals surface area contributed by atoms with E-state index in [0.717, 1.165) is 10.0 Å². The van der Waals surface area contributed by atoms with Crippen molar-refractivity contribution in [3.8, 4) is 0 Å². The molecule has 124 valence electrons. The van der Waals surface area contributed by atoms with Crippen LogP contribution in [-0.2, 0) is 11.3 Å². The molecular weight excluding hydrogens is 410 g/mol. The maximum absolute atomic E-state index is 12.6. The topological polar surface area (TPSA) is 64.0 Å². The van der Waals surface area contributed by atoms with Crippen molar-refractivity contribution >= 4 is 60.8 Å². The van der Waals surface area contributed by atoms with Crippen molar-refractivity contribution in [2.24, 2.45) is 0 Å². The van der Waals surface area contributed by atoms with Gasteiger partial charge in [-0.25, -0.2) is 4.98 Å². The lowest BCUT2D eigenvalue weighted by Gasteiger charge is -2.12. The van der Waals surface area contributed by atoms with Gasteiger partial charge in [0, 0.05) is 4.47 Å². The molecule has 1 aromatic carbocycles. The Hall–Kier alpha value is -1.64. The first-order chi connectivity index (χ1) is 11.5. The minimum Gasteiger partial charge on any atom is -0.324 e. The Morgan fingerprint density at radius 3 is 2.92 bits per heavy atom. The molecule has 24 heavy (non-hydrogen) atoms. The Labute approximate surface area is 155 Å². The van der Waals surface area contributed by atoms with E-state index in [9.17, 15) is 9.59 Å². The van der Waals surface area contributed by atoms with Crippen LogP contribution in [0.2, 0.25) is 0 Å². The van der Waals surface area contributed by atoms with Crippen molar-refractivity contribution in [3.05, 3.63) is 50.0 Å². The van der Waals surface area contributed by atoms with Crippen LogP contribution in [0.25, 0.3) is 10.2 Å². The number of anilines is 1. The van der Waals surface area contributed by atoms with Gasteiger partial charge in [0.15, 0.2) is 5.16 Å². The number of aromatic nitrogens is 2. The molecule has 8 heteroatoms. The lowest BCUT2D eigenvalue weighted by molar-refractivity contribution is -0.116. The highest BCUT2D eigenvalue weighted by molar-refractivity contribution is 9.10. The molecule has 0 saturated heterocycles. The van der Waals surface area contributed by atoms with E-state index in [4.69, 9.17) is 0 Å². The maximum Gasteiger partial charge on any atom is 0.272 e. The molecular formula is C16H14BrN3O2S2. The van der Waals surface area contributed by atoms with E-state index >= 15 is 0 Å². The van der Waals surface area contributed by atoms with Crippen molar-refractivity contribution in [1.82, 2.24) is 9.55 Å². The molecule has 3 rings (SSSR count). The van der Waals surface area contributed by atoms with E-state index < -0.39 is 0 Å². The monoisotopic (exact) mass is 423 g/mol. The first kappa shape index (κ1) is 17.2. The largest absolute Gasteiger partial charge is 0.324 e. The number of thioether (sulfide) groups is 1. The zero-order valence-corrected chi connectivity index (χ0v) is 16.2. The summed E-state index contributed by atoms with van der Waals surface area (Å²) in [6.45, 7) is 1.90. The van der Waals surface area contributed by atoms with E-state index in [2.05, 4.69) is 26.2 Å². The number of nitrogens with zero attached hydrogens (tertiary/aromatic N) is 2. The number of carbonyl (C=O) groups is 1. The van der Waals surface area contributed by atoms with E-state index in [1.54, 1.807) is 0 Å². The van der Waals surface area contributed by atoms with Crippen molar-refractivity contribution in [2.75, 3.05) is 11.6 Å². The SMILES string of the molecule is CSc1nc2ccsc2c(=O)n1CC(=O)Nc1ccc(C)cc1Br. The summed E-state index contributed by atoms with van der Waals surface area (Å²) in [5, 5.41) is 5.19. The third kappa shape index (κ3) is 3.40. The van der Waals surface area contributed by atoms with Gasteiger partial charge in [0.1, 0.15) is 11.2 Å². The van der Waals surface area contributed by atoms with Gasteiger partial charge in [0.2, 0.25) is 5.91 Å². The summed E-state index contributed by atoms with van der Waals surface area (Å²) in [5.41, 5.74) is 2.26. The first-order valence-corrected chi connectivity index (χ1v) is 9.97. The zero-order valence-electron chi connectivity index (χ0n) is 13.0. The van der Waals surface area contributed by atoms with Crippen molar-refractivity contribution < 1.29 is 4.79 Å². The molecule has 5 nitrogen and oxygen atoms in total. The minimum absolute atomic E-state index is 0.0733. The quantitative estimate of drug-likeness (QED) is 0.510. The molecule has 0 bridgehead atoms. The van der Waals surface area contributed by atoms with Crippen LogP contribution < -0.4 is 10.9 Å². The molecule has 0 radical (unpaired) electrons. The summed E-state index contributed by atoms with van der Waals surface area (Å²) >= 11 is 6.12. The Bertz CT molecular complexity index is 981. The molecule has 3 aromatic rings. The van der Waals surface area contributed by atoms with Crippen LogP contribution in [0.4, 0.5) is 5.69 Å². The molecule has 0 aliphatic heterocycles. The van der Waals surface area contributed by atoms with Crippen LogP contribution in [0.15, 0.2) is 44.1 Å². The van der Waals surface area contributed by atoms with Crippen LogP contribution in [0.1, 0.15) is 5.56 Å². The second-order valence-corrected chi connectivity index (χ2v) is 7.70. The van der Waals surface area contributed by atoms with Crippen LogP contribution in [0.5, 0.6) is 0 Å². The van der Waals surface area contributed by atoms with Crippen molar-refractivity contribution in [2.45, 2.75) is 18.6 Å². The highest BCUT2D eigenvalue weighted by Crippen LogP contribution is 2.24. The van der Waals surface area contributed by atoms with E-state index in [0.29, 0.717) is 21.1 Å². The lowest BCUT2D eigenvalue weighted by atomic mass is 10.2. The predicted molar refractivity (Wildman–Crippen MR) is 103 cm³/mol. The average Bonchev–Trinajstić information content (AvgIpc) is 3.01. The normalized spacial score (nSPS) is 11.0. The minimum atomic E-state index is -0.269. The number of hydrogen-bond acceptors (Lipinski definition) is 5. The van der Waals surface area contributed by atoms with Gasteiger partial charge in [-0.05, 0) is 58.3 Å². The maximum atomic E-state index is 12.6. The molecule has 1 N–H and O–H groups in total. The number of rotatable bonds is 4. The Kier molecular flexibility index (Phi) is 5.07. The van der Waals surface area contributed by atoms with Crippen molar-refractivity contribution in [3.63, 3.8) is 0 Å². The van der Waals surface area contributed by atoms with E-state index in [1.165, 1.54) is 27.7 Å². The number of aryl methyl sites for hydroxylation is 1. The summed E-state index contributed by atoms with van der Waals surface area (Å²) in [6.07, 6.45) is 1.84. The number of nitrogens with one attached hydrogen (secondary N) is 1. The first-order valence-electron chi connectivity index (χ1n) is 7.07. The van der Waals surface area contributed by atoms with Gasteiger partial charge < -0.3 is 5.32 Å². The number of fused-ring (bicyclic) bond motifs is 1. The van der Waals surface area contributed by atoms with Gasteiger partial charge in [-0.3, -0.25) is 14.2 Å². The average molecular weight is 424 g/mol. The second kappa shape index (κ2) is 7.08. The van der Waals surface area contributed by atoms with E-state index in [-0.39, 0.29) is 18.0 Å². The summed E-state index contributed by atoms with van der Waals surface area (Å²) < 4.78 is 2.79. The van der Waals surface area contributed by atoms with Gasteiger partial charge in [0.25, 0.3) is 5.56 Å². The summed E-state index contributed by atoms with van der Waals surface area (Å²) in [7, 11) is 0. The molecule has 0 saturated carbocycles. The molecule has 0 fully saturated rings. The fraction of sp³-hybridized carbons (Fsp3) is 0.188. The molecule has 0 atom stereocenters. The summed E-state index contributed by atoms with van der Waals surface area (Å²) in [4.78, 5) is 29.4. The number of hydrogen-bond donors (Lipinski definition) is 1. The van der Waals surface area contributed by atoms with Crippen molar-refractivity contribution in [1.29, 1.82) is 0 Å². The van der Waals surface area contributed by atoms with Crippen LogP contribution in [0.3, 0.4) is 0 Å². The van der Waals surface area contributed by atoms with E-state index in [1.807, 2.05) is 42.8 Å². The number of thiophene rings is 1. The zero-order chi connectivity index (χ0) is 17.3. The number of halogens is 1. The van der Waals surface area contributed by atoms with Crippen LogP contribution in [-0.4, -0.2) is 21.7 Å². The molecule has 0 spiro atoms. The standard InChI is InChI=1S/C16H14BrN3O2S2/c1-9-3-4-11(10(17)7-9)18-13(21)8-20-15(22)14-12(5-6-24-14)19-16(20)23-2/h3-7H,8H2,1-2H3,(H,18,21). The molecule has 1 amide bonds. The van der Waals surface area contributed by atoms with Gasteiger partial charge >= 0.3 is 0 Å². The number of amides is 1. The van der Waals surface area contributed by atoms with Gasteiger partial charge in [-0.1, -0.05) is 17.8 Å². The lowest BCUT2D eigenvalue weighted by Crippen LogP contribution is -2.29. The summed E-state index contributed by atoms with van der Waals surface area (Å²) in [5.74, 6) is -0.269. The van der Waals surface area contributed by atoms with Crippen LogP contribution >= 0.6 is 39.0 Å². The molecule has 2 aromatic heterocycles. The molecule has 0 unspecified atom stereocenters. The van der Waals surface area contributed by atoms with Gasteiger partial charge in [-0.15, -0.1) is 11.3 Å². The number of carbonyl (C=O) groups excluding carboxylic acids is 1. The van der Waals surface area contributed by atoms with Crippen LogP contribution in [0, 0.1) is 6.92 Å². The fourth-order valence-electron chi connectivity index (χ4n) is 2.27. The van der Waals surface area contributed by atoms with Gasteiger partial charge in [-0.2, -0.15) is 0 Å². The summed E-state index contributed by atoms with van der Waals surface area (Å²) in [6, 6.07) is 7.48. The third-order valence-electron chi connectivity index (χ3n) is 3.41.